The van der Waals surface area contributed by atoms with Gasteiger partial charge in [-0.25, -0.2) is 4.79 Å². The van der Waals surface area contributed by atoms with E-state index < -0.39 is 26.7 Å². The molecular formula is C7H5NaO6S. The van der Waals surface area contributed by atoms with Crippen LogP contribution in [0.15, 0.2) is 23.1 Å². The van der Waals surface area contributed by atoms with Crippen molar-refractivity contribution in [3.8, 4) is 5.75 Å². The summed E-state index contributed by atoms with van der Waals surface area (Å²) >= 11 is 0. The average molecular weight is 240 g/mol. The standard InChI is InChI=1S/C7H6O6S.Na/c8-5-2-1-4(7(9)10)3-6(5)14(11,12)13;/h1-3,8H,(H,9,10)(H,11,12,13);/q;+1/p-1. The van der Waals surface area contributed by atoms with Gasteiger partial charge in [-0.05, 0) is 12.1 Å². The van der Waals surface area contributed by atoms with Gasteiger partial charge >= 0.3 is 35.5 Å². The number of carboxylic acid groups (broad SMARTS) is 1. The third-order valence-corrected chi connectivity index (χ3v) is 2.34. The van der Waals surface area contributed by atoms with Crippen molar-refractivity contribution in [2.75, 3.05) is 0 Å². The third-order valence-electron chi connectivity index (χ3n) is 1.47. The van der Waals surface area contributed by atoms with Crippen molar-refractivity contribution in [2.24, 2.45) is 0 Å². The average Bonchev–Trinajstić information content (AvgIpc) is 2.02. The molecule has 0 saturated carbocycles. The second kappa shape index (κ2) is 4.95. The van der Waals surface area contributed by atoms with Gasteiger partial charge in [0.25, 0.3) is 10.1 Å². The topological polar surface area (TPSA) is 115 Å². The van der Waals surface area contributed by atoms with E-state index in [9.17, 15) is 18.3 Å². The molecule has 15 heavy (non-hydrogen) atoms. The zero-order chi connectivity index (χ0) is 10.9. The summed E-state index contributed by atoms with van der Waals surface area (Å²) in [4.78, 5) is 9.48. The van der Waals surface area contributed by atoms with Crippen molar-refractivity contribution in [1.82, 2.24) is 0 Å². The Morgan fingerprint density at radius 2 is 1.87 bits per heavy atom. The molecule has 1 aromatic rings. The number of carbonyl (C=O) groups is 1. The molecule has 0 fully saturated rings. The van der Waals surface area contributed by atoms with Gasteiger partial charge in [-0.15, -0.1) is 0 Å². The van der Waals surface area contributed by atoms with E-state index in [1.165, 1.54) is 0 Å². The minimum absolute atomic E-state index is 0. The van der Waals surface area contributed by atoms with E-state index in [0.29, 0.717) is 6.07 Å². The molecule has 0 atom stereocenters. The predicted molar refractivity (Wildman–Crippen MR) is 42.7 cm³/mol. The predicted octanol–water partition coefficient (Wildman–Crippen LogP) is -3.29. The van der Waals surface area contributed by atoms with E-state index in [1.807, 2.05) is 0 Å². The van der Waals surface area contributed by atoms with Crippen LogP contribution in [0, 0.1) is 0 Å². The second-order valence-electron chi connectivity index (χ2n) is 2.44. The van der Waals surface area contributed by atoms with Gasteiger partial charge in [0.15, 0.2) is 0 Å². The number of aromatic carboxylic acids is 1. The zero-order valence-corrected chi connectivity index (χ0v) is 10.5. The summed E-state index contributed by atoms with van der Waals surface area (Å²) in [6, 6.07) is 2.34. The van der Waals surface area contributed by atoms with Crippen LogP contribution < -0.4 is 34.7 Å². The molecule has 0 radical (unpaired) electrons. The minimum Gasteiger partial charge on any atom is -0.872 e. The first kappa shape index (κ1) is 14.4. The van der Waals surface area contributed by atoms with E-state index in [4.69, 9.17) is 9.66 Å². The van der Waals surface area contributed by atoms with E-state index >= 15 is 0 Å². The Morgan fingerprint density at radius 1 is 1.33 bits per heavy atom. The molecule has 0 bridgehead atoms. The van der Waals surface area contributed by atoms with Crippen molar-refractivity contribution in [3.63, 3.8) is 0 Å². The van der Waals surface area contributed by atoms with Gasteiger partial charge in [0.2, 0.25) is 0 Å². The Balaban J connectivity index is 0.00000196. The fourth-order valence-corrected chi connectivity index (χ4v) is 1.44. The van der Waals surface area contributed by atoms with E-state index in [0.717, 1.165) is 12.1 Å². The summed E-state index contributed by atoms with van der Waals surface area (Å²) < 4.78 is 29.7. The van der Waals surface area contributed by atoms with Crippen LogP contribution in [0.25, 0.3) is 0 Å². The minimum atomic E-state index is -4.67. The molecule has 0 aliphatic rings. The summed E-state index contributed by atoms with van der Waals surface area (Å²) in [6.45, 7) is 0. The van der Waals surface area contributed by atoms with Crippen LogP contribution in [0.3, 0.4) is 0 Å². The second-order valence-corrected chi connectivity index (χ2v) is 3.83. The Labute approximate surface area is 108 Å². The molecular weight excluding hydrogens is 235 g/mol. The maximum Gasteiger partial charge on any atom is 1.00 e. The molecule has 76 valence electrons. The molecule has 6 nitrogen and oxygen atoms in total. The Morgan fingerprint density at radius 3 is 2.27 bits per heavy atom. The molecule has 0 aliphatic carbocycles. The number of hydrogen-bond donors (Lipinski definition) is 2. The molecule has 0 saturated heterocycles. The first-order valence-corrected chi connectivity index (χ1v) is 4.78. The van der Waals surface area contributed by atoms with Gasteiger partial charge in [0.1, 0.15) is 0 Å². The monoisotopic (exact) mass is 240 g/mol. The summed E-state index contributed by atoms with van der Waals surface area (Å²) in [5, 5.41) is 19.4. The molecule has 8 heteroatoms. The van der Waals surface area contributed by atoms with Crippen LogP contribution in [0.1, 0.15) is 10.4 Å². The maximum atomic E-state index is 10.9. The van der Waals surface area contributed by atoms with Crippen LogP contribution >= 0.6 is 0 Å². The molecule has 0 spiro atoms. The first-order chi connectivity index (χ1) is 6.32. The summed E-state index contributed by atoms with van der Waals surface area (Å²) in [6.07, 6.45) is 0. The fourth-order valence-electron chi connectivity index (χ4n) is 0.843. The van der Waals surface area contributed by atoms with Gasteiger partial charge in [-0.1, -0.05) is 11.8 Å². The Bertz CT molecular complexity index is 480. The number of rotatable bonds is 2. The maximum absolute atomic E-state index is 10.9. The smallest absolute Gasteiger partial charge is 0.872 e. The molecule has 0 amide bonds. The molecule has 1 aromatic carbocycles. The van der Waals surface area contributed by atoms with E-state index in [2.05, 4.69) is 0 Å². The summed E-state index contributed by atoms with van der Waals surface area (Å²) in [5.41, 5.74) is -0.378. The molecule has 0 unspecified atom stereocenters. The largest absolute Gasteiger partial charge is 1.00 e. The number of carboxylic acids is 1. The van der Waals surface area contributed by atoms with Gasteiger partial charge < -0.3 is 10.2 Å². The van der Waals surface area contributed by atoms with Crippen molar-refractivity contribution >= 4 is 16.1 Å². The van der Waals surface area contributed by atoms with Crippen LogP contribution in [0.4, 0.5) is 0 Å². The van der Waals surface area contributed by atoms with Gasteiger partial charge in [-0.2, -0.15) is 8.42 Å². The zero-order valence-electron chi connectivity index (χ0n) is 7.67. The number of hydrogen-bond acceptors (Lipinski definition) is 4. The van der Waals surface area contributed by atoms with Crippen molar-refractivity contribution in [3.05, 3.63) is 23.8 Å². The van der Waals surface area contributed by atoms with Crippen molar-refractivity contribution < 1.29 is 57.5 Å². The summed E-state index contributed by atoms with van der Waals surface area (Å²) in [7, 11) is -4.67. The van der Waals surface area contributed by atoms with Gasteiger partial charge in [0.05, 0.1) is 10.5 Å². The van der Waals surface area contributed by atoms with Crippen molar-refractivity contribution in [1.29, 1.82) is 0 Å². The fraction of sp³-hybridized carbons (Fsp3) is 0. The molecule has 2 N–H and O–H groups in total. The molecule has 0 aliphatic heterocycles. The van der Waals surface area contributed by atoms with E-state index in [1.54, 1.807) is 0 Å². The van der Waals surface area contributed by atoms with Crippen LogP contribution in [-0.4, -0.2) is 24.0 Å². The number of benzene rings is 1. The van der Waals surface area contributed by atoms with Crippen LogP contribution in [0.5, 0.6) is 5.75 Å². The van der Waals surface area contributed by atoms with Gasteiger partial charge in [-0.3, -0.25) is 4.55 Å². The normalized spacial score (nSPS) is 10.5. The van der Waals surface area contributed by atoms with Crippen LogP contribution in [-0.2, 0) is 10.1 Å². The van der Waals surface area contributed by atoms with Crippen LogP contribution in [0.2, 0.25) is 0 Å². The first-order valence-electron chi connectivity index (χ1n) is 3.34. The Kier molecular flexibility index (Phi) is 4.75. The molecule has 1 rings (SSSR count). The molecule has 0 aromatic heterocycles. The van der Waals surface area contributed by atoms with Gasteiger partial charge in [0, 0.05) is 0 Å². The summed E-state index contributed by atoms with van der Waals surface area (Å²) in [5.74, 6) is -2.33. The van der Waals surface area contributed by atoms with Crippen molar-refractivity contribution in [2.45, 2.75) is 4.90 Å². The third kappa shape index (κ3) is 3.47. The quantitative estimate of drug-likeness (QED) is 0.413. The van der Waals surface area contributed by atoms with E-state index in [-0.39, 0.29) is 35.1 Å². The SMILES string of the molecule is O=C(O)c1ccc([O-])c(S(=O)(=O)O)c1.[Na+]. The molecule has 0 heterocycles. The Hall–Kier alpha value is -0.600.